The van der Waals surface area contributed by atoms with Gasteiger partial charge >= 0.3 is 18.0 Å². The van der Waals surface area contributed by atoms with Crippen molar-refractivity contribution in [2.24, 2.45) is 0 Å². The van der Waals surface area contributed by atoms with Gasteiger partial charge in [-0.1, -0.05) is 6.07 Å². The molecule has 1 atom stereocenters. The molecule has 0 fully saturated rings. The van der Waals surface area contributed by atoms with E-state index in [0.717, 1.165) is 4.90 Å². The number of carbonyl (C=O) groups excluding carboxylic acids is 1. The molecule has 3 N–H and O–H groups in total. The van der Waals surface area contributed by atoms with Crippen molar-refractivity contribution in [3.63, 3.8) is 0 Å². The predicted octanol–water partition coefficient (Wildman–Crippen LogP) is 0.632. The van der Waals surface area contributed by atoms with Gasteiger partial charge in [0.1, 0.15) is 6.04 Å². The Morgan fingerprint density at radius 3 is 2.57 bits per heavy atom. The number of benzene rings is 1. The van der Waals surface area contributed by atoms with Gasteiger partial charge in [-0.25, -0.2) is 9.59 Å². The largest absolute Gasteiger partial charge is 0.481 e. The SMILES string of the molecule is CN(C(=O)NC(CC(=O)O)C(=O)O)c1cccc(C#N)c1. The number of rotatable bonds is 5. The van der Waals surface area contributed by atoms with Crippen LogP contribution in [0.25, 0.3) is 0 Å². The second-order valence-electron chi connectivity index (χ2n) is 4.16. The number of anilines is 1. The van der Waals surface area contributed by atoms with E-state index in [1.165, 1.54) is 13.1 Å². The monoisotopic (exact) mass is 291 g/mol. The third-order valence-electron chi connectivity index (χ3n) is 2.64. The predicted molar refractivity (Wildman–Crippen MR) is 71.8 cm³/mol. The molecular weight excluding hydrogens is 278 g/mol. The molecule has 0 aliphatic rings. The van der Waals surface area contributed by atoms with Crippen LogP contribution in [0.15, 0.2) is 24.3 Å². The molecule has 1 aromatic carbocycles. The van der Waals surface area contributed by atoms with E-state index in [9.17, 15) is 14.4 Å². The van der Waals surface area contributed by atoms with Crippen LogP contribution in [0.5, 0.6) is 0 Å². The molecule has 0 aliphatic carbocycles. The van der Waals surface area contributed by atoms with Crippen LogP contribution in [0, 0.1) is 11.3 Å². The molecule has 0 heterocycles. The number of urea groups is 1. The summed E-state index contributed by atoms with van der Waals surface area (Å²) in [4.78, 5) is 34.5. The second kappa shape index (κ2) is 6.91. The molecular formula is C13H13N3O5. The maximum Gasteiger partial charge on any atom is 0.326 e. The highest BCUT2D eigenvalue weighted by molar-refractivity contribution is 5.95. The first kappa shape index (κ1) is 16.0. The zero-order chi connectivity index (χ0) is 16.0. The van der Waals surface area contributed by atoms with Gasteiger partial charge in [0.15, 0.2) is 0 Å². The minimum absolute atomic E-state index is 0.340. The fourth-order valence-electron chi connectivity index (χ4n) is 1.52. The summed E-state index contributed by atoms with van der Waals surface area (Å²) in [5, 5.41) is 28.4. The molecule has 21 heavy (non-hydrogen) atoms. The molecule has 0 saturated heterocycles. The molecule has 0 saturated carbocycles. The molecule has 0 spiro atoms. The Bertz CT molecular complexity index is 608. The Morgan fingerprint density at radius 2 is 2.05 bits per heavy atom. The molecule has 0 aromatic heterocycles. The number of amides is 2. The Hall–Kier alpha value is -3.08. The van der Waals surface area contributed by atoms with Gasteiger partial charge in [-0.2, -0.15) is 5.26 Å². The molecule has 1 rings (SSSR count). The van der Waals surface area contributed by atoms with Crippen LogP contribution in [-0.4, -0.2) is 41.3 Å². The van der Waals surface area contributed by atoms with E-state index in [4.69, 9.17) is 15.5 Å². The first-order valence-corrected chi connectivity index (χ1v) is 5.84. The van der Waals surface area contributed by atoms with E-state index in [1.807, 2.05) is 6.07 Å². The summed E-state index contributed by atoms with van der Waals surface area (Å²) in [6.45, 7) is 0. The van der Waals surface area contributed by atoms with E-state index in [-0.39, 0.29) is 0 Å². The van der Waals surface area contributed by atoms with Crippen LogP contribution in [0.3, 0.4) is 0 Å². The maximum absolute atomic E-state index is 11.9. The van der Waals surface area contributed by atoms with Crippen LogP contribution in [0.2, 0.25) is 0 Å². The van der Waals surface area contributed by atoms with Crippen molar-refractivity contribution in [3.05, 3.63) is 29.8 Å². The van der Waals surface area contributed by atoms with Crippen molar-refractivity contribution in [1.82, 2.24) is 5.32 Å². The molecule has 8 nitrogen and oxygen atoms in total. The van der Waals surface area contributed by atoms with Crippen LogP contribution in [0.4, 0.5) is 10.5 Å². The van der Waals surface area contributed by atoms with Gasteiger partial charge in [0.05, 0.1) is 18.1 Å². The lowest BCUT2D eigenvalue weighted by Crippen LogP contribution is -2.47. The van der Waals surface area contributed by atoms with Crippen molar-refractivity contribution in [3.8, 4) is 6.07 Å². The van der Waals surface area contributed by atoms with Gasteiger partial charge in [0.2, 0.25) is 0 Å². The number of aliphatic carboxylic acids is 2. The summed E-state index contributed by atoms with van der Waals surface area (Å²) in [5.74, 6) is -2.78. The normalized spacial score (nSPS) is 11.0. The summed E-state index contributed by atoms with van der Waals surface area (Å²) in [6, 6.07) is 5.75. The highest BCUT2D eigenvalue weighted by atomic mass is 16.4. The molecule has 1 unspecified atom stereocenters. The van der Waals surface area contributed by atoms with E-state index in [1.54, 1.807) is 18.2 Å². The number of hydrogen-bond donors (Lipinski definition) is 3. The fourth-order valence-corrected chi connectivity index (χ4v) is 1.52. The summed E-state index contributed by atoms with van der Waals surface area (Å²) in [5.41, 5.74) is 0.721. The fraction of sp³-hybridized carbons (Fsp3) is 0.231. The first-order valence-electron chi connectivity index (χ1n) is 5.84. The number of nitriles is 1. The van der Waals surface area contributed by atoms with Gasteiger partial charge in [-0.05, 0) is 18.2 Å². The van der Waals surface area contributed by atoms with E-state index in [0.29, 0.717) is 11.3 Å². The molecule has 0 aliphatic heterocycles. The van der Waals surface area contributed by atoms with Gasteiger partial charge in [0, 0.05) is 12.7 Å². The lowest BCUT2D eigenvalue weighted by molar-refractivity contribution is -0.145. The van der Waals surface area contributed by atoms with Crippen LogP contribution in [-0.2, 0) is 9.59 Å². The quantitative estimate of drug-likeness (QED) is 0.729. The average molecular weight is 291 g/mol. The number of carboxylic acids is 2. The van der Waals surface area contributed by atoms with Crippen molar-refractivity contribution >= 4 is 23.7 Å². The zero-order valence-corrected chi connectivity index (χ0v) is 11.1. The summed E-state index contributed by atoms with van der Waals surface area (Å²) < 4.78 is 0. The van der Waals surface area contributed by atoms with Gasteiger partial charge in [-0.15, -0.1) is 0 Å². The lowest BCUT2D eigenvalue weighted by atomic mass is 10.2. The van der Waals surface area contributed by atoms with Gasteiger partial charge < -0.3 is 15.5 Å². The summed E-state index contributed by atoms with van der Waals surface area (Å²) in [6.07, 6.45) is -0.729. The number of nitrogens with one attached hydrogen (secondary N) is 1. The molecule has 0 radical (unpaired) electrons. The molecule has 8 heteroatoms. The molecule has 2 amide bonds. The van der Waals surface area contributed by atoms with Crippen molar-refractivity contribution in [2.45, 2.75) is 12.5 Å². The van der Waals surface area contributed by atoms with Gasteiger partial charge in [0.25, 0.3) is 0 Å². The minimum Gasteiger partial charge on any atom is -0.481 e. The number of nitrogens with zero attached hydrogens (tertiary/aromatic N) is 2. The number of hydrogen-bond acceptors (Lipinski definition) is 4. The topological polar surface area (TPSA) is 131 Å². The van der Waals surface area contributed by atoms with Crippen LogP contribution < -0.4 is 10.2 Å². The smallest absolute Gasteiger partial charge is 0.326 e. The molecule has 0 bridgehead atoms. The van der Waals surface area contributed by atoms with Crippen molar-refractivity contribution in [1.29, 1.82) is 5.26 Å². The Balaban J connectivity index is 2.84. The third kappa shape index (κ3) is 4.50. The summed E-state index contributed by atoms with van der Waals surface area (Å²) in [7, 11) is 1.38. The van der Waals surface area contributed by atoms with Crippen LogP contribution in [0.1, 0.15) is 12.0 Å². The Kier molecular flexibility index (Phi) is 5.25. The molecule has 110 valence electrons. The van der Waals surface area contributed by atoms with Crippen molar-refractivity contribution < 1.29 is 24.6 Å². The second-order valence-corrected chi connectivity index (χ2v) is 4.16. The maximum atomic E-state index is 11.9. The summed E-state index contributed by atoms with van der Waals surface area (Å²) >= 11 is 0. The first-order chi connectivity index (χ1) is 9.85. The highest BCUT2D eigenvalue weighted by Gasteiger charge is 2.24. The van der Waals surface area contributed by atoms with E-state index < -0.39 is 30.4 Å². The minimum atomic E-state index is -1.53. The zero-order valence-electron chi connectivity index (χ0n) is 11.1. The van der Waals surface area contributed by atoms with E-state index in [2.05, 4.69) is 5.32 Å². The van der Waals surface area contributed by atoms with E-state index >= 15 is 0 Å². The Morgan fingerprint density at radius 1 is 1.38 bits per heavy atom. The van der Waals surface area contributed by atoms with Crippen molar-refractivity contribution in [2.75, 3.05) is 11.9 Å². The van der Waals surface area contributed by atoms with Crippen LogP contribution >= 0.6 is 0 Å². The lowest BCUT2D eigenvalue weighted by Gasteiger charge is -2.20. The number of carbonyl (C=O) groups is 3. The molecule has 1 aromatic rings. The Labute approximate surface area is 120 Å². The van der Waals surface area contributed by atoms with Gasteiger partial charge in [-0.3, -0.25) is 9.69 Å². The number of carboxylic acid groups (broad SMARTS) is 2. The average Bonchev–Trinajstić information content (AvgIpc) is 2.45. The highest BCUT2D eigenvalue weighted by Crippen LogP contribution is 2.14. The standard InChI is InChI=1S/C13H13N3O5/c1-16(9-4-2-3-8(5-9)7-14)13(21)15-10(12(19)20)6-11(17)18/h2-5,10H,6H2,1H3,(H,15,21)(H,17,18)(H,19,20). The third-order valence-corrected chi connectivity index (χ3v) is 2.64.